The number of hydrogen-bond donors (Lipinski definition) is 3. The van der Waals surface area contributed by atoms with E-state index in [2.05, 4.69) is 10.3 Å². The van der Waals surface area contributed by atoms with E-state index in [1.165, 1.54) is 0 Å². The highest BCUT2D eigenvalue weighted by Gasteiger charge is 2.55. The maximum Gasteiger partial charge on any atom is 0.325 e. The van der Waals surface area contributed by atoms with Crippen LogP contribution in [0.2, 0.25) is 0 Å². The molecule has 2 aliphatic heterocycles. The summed E-state index contributed by atoms with van der Waals surface area (Å²) in [5.74, 6) is -2.85. The third-order valence-corrected chi connectivity index (χ3v) is 5.60. The second-order valence-electron chi connectivity index (χ2n) is 7.97. The van der Waals surface area contributed by atoms with Crippen LogP contribution in [0.15, 0.2) is 58.1 Å². The number of allylic oxidation sites excluding steroid dienone is 2. The lowest BCUT2D eigenvalue weighted by molar-refractivity contribution is -0.195. The molecule has 2 aliphatic rings. The number of likely N-dealkylation sites (tertiary alicyclic amines) is 1. The topological polar surface area (TPSA) is 102 Å². The smallest absolute Gasteiger partial charge is 0.325 e. The normalized spacial score (nSPS) is 24.5. The number of carbonyl (C=O) groups is 2. The number of dihydropyridines is 1. The Labute approximate surface area is 180 Å². The van der Waals surface area contributed by atoms with Crippen molar-refractivity contribution in [3.05, 3.63) is 58.7 Å². The average Bonchev–Trinajstić information content (AvgIpc) is 2.65. The monoisotopic (exact) mass is 431 g/mol. The summed E-state index contributed by atoms with van der Waals surface area (Å²) in [5.41, 5.74) is 2.43. The van der Waals surface area contributed by atoms with Gasteiger partial charge < -0.3 is 15.5 Å². The zero-order valence-corrected chi connectivity index (χ0v) is 18.1. The van der Waals surface area contributed by atoms with Gasteiger partial charge in [0, 0.05) is 5.57 Å². The molecule has 0 bridgehead atoms. The predicted molar refractivity (Wildman–Crippen MR) is 115 cm³/mol. The van der Waals surface area contributed by atoms with Crippen LogP contribution in [0.25, 0.3) is 0 Å². The summed E-state index contributed by atoms with van der Waals surface area (Å²) in [4.78, 5) is 30.8. The molecule has 2 heterocycles. The van der Waals surface area contributed by atoms with Crippen molar-refractivity contribution in [2.75, 3.05) is 0 Å². The molecule has 160 valence electrons. The minimum absolute atomic E-state index is 0.0533. The first kappa shape index (κ1) is 22.2. The van der Waals surface area contributed by atoms with E-state index in [1.807, 2.05) is 37.3 Å². The van der Waals surface area contributed by atoms with E-state index >= 15 is 0 Å². The Morgan fingerprint density at radius 3 is 2.53 bits per heavy atom. The lowest BCUT2D eigenvalue weighted by Gasteiger charge is -2.47. The molecule has 0 aliphatic carbocycles. The molecule has 1 aromatic rings. The van der Waals surface area contributed by atoms with Gasteiger partial charge in [0.15, 0.2) is 5.79 Å². The summed E-state index contributed by atoms with van der Waals surface area (Å²) in [6.07, 6.45) is 2.23. The van der Waals surface area contributed by atoms with Gasteiger partial charge in [-0.3, -0.25) is 9.79 Å². The molecule has 8 heteroatoms. The number of nitrogens with zero attached hydrogens (tertiary/aromatic N) is 2. The Morgan fingerprint density at radius 1 is 1.33 bits per heavy atom. The van der Waals surface area contributed by atoms with Gasteiger partial charge in [-0.15, -0.1) is 0 Å². The van der Waals surface area contributed by atoms with Crippen LogP contribution in [0, 0.1) is 0 Å². The van der Waals surface area contributed by atoms with Crippen LogP contribution in [0.1, 0.15) is 45.7 Å². The van der Waals surface area contributed by atoms with Crippen molar-refractivity contribution in [1.82, 2.24) is 10.2 Å². The van der Waals surface area contributed by atoms with E-state index in [9.17, 15) is 19.8 Å². The maximum atomic E-state index is 12.9. The number of amides is 3. The zero-order valence-electron chi connectivity index (χ0n) is 17.4. The molecule has 7 nitrogen and oxygen atoms in total. The molecule has 0 saturated carbocycles. The van der Waals surface area contributed by atoms with E-state index in [0.717, 1.165) is 23.0 Å². The molecule has 0 radical (unpaired) electrons. The Bertz CT molecular complexity index is 947. The number of aliphatic imine (C=N–C) groups is 1. The Balaban J connectivity index is 1.88. The average molecular weight is 432 g/mol. The quantitative estimate of drug-likeness (QED) is 0.387. The number of β-lactam (4-membered cyclic amide) rings is 1. The number of aliphatic hydroxyl groups is 2. The van der Waals surface area contributed by atoms with E-state index in [4.69, 9.17) is 11.6 Å². The number of urea groups is 1. The summed E-state index contributed by atoms with van der Waals surface area (Å²) >= 11 is 6.07. The number of benzene rings is 1. The molecule has 0 aromatic heterocycles. The summed E-state index contributed by atoms with van der Waals surface area (Å²) in [6, 6.07) is 7.01. The van der Waals surface area contributed by atoms with Gasteiger partial charge in [0.2, 0.25) is 0 Å². The molecule has 0 spiro atoms. The number of hydrogen-bond acceptors (Lipinski definition) is 5. The van der Waals surface area contributed by atoms with Gasteiger partial charge in [-0.1, -0.05) is 41.9 Å². The minimum atomic E-state index is -2.30. The fraction of sp³-hybridized carbons (Fsp3) is 0.409. The molecule has 3 unspecified atom stereocenters. The highest BCUT2D eigenvalue weighted by molar-refractivity contribution is 6.68. The molecular formula is C22H26ClN3O4. The second-order valence-corrected chi connectivity index (χ2v) is 8.35. The SMILES string of the molecule is CC(C1=CC(Cl)=NC(C)C1)=C1C(=O)N(C(=O)NC(C)c2ccccc2)C1C(C)(O)O. The first-order valence-electron chi connectivity index (χ1n) is 9.79. The Morgan fingerprint density at radius 2 is 1.97 bits per heavy atom. The molecule has 1 fully saturated rings. The number of carbonyl (C=O) groups excluding carboxylic acids is 2. The van der Waals surface area contributed by atoms with Gasteiger partial charge in [-0.2, -0.15) is 0 Å². The summed E-state index contributed by atoms with van der Waals surface area (Å²) in [6.45, 7) is 6.58. The van der Waals surface area contributed by atoms with Crippen molar-refractivity contribution in [2.45, 2.75) is 58.0 Å². The van der Waals surface area contributed by atoms with Gasteiger partial charge in [0.1, 0.15) is 11.2 Å². The Hall–Kier alpha value is -2.48. The minimum Gasteiger partial charge on any atom is -0.364 e. The highest BCUT2D eigenvalue weighted by atomic mass is 35.5. The van der Waals surface area contributed by atoms with Gasteiger partial charge in [-0.25, -0.2) is 9.69 Å². The van der Waals surface area contributed by atoms with Gasteiger partial charge in [0.05, 0.1) is 12.1 Å². The summed E-state index contributed by atoms with van der Waals surface area (Å²) in [7, 11) is 0. The van der Waals surface area contributed by atoms with Gasteiger partial charge in [-0.05, 0) is 56.9 Å². The zero-order chi connectivity index (χ0) is 22.2. The lowest BCUT2D eigenvalue weighted by Crippen LogP contribution is -2.68. The van der Waals surface area contributed by atoms with Gasteiger partial charge >= 0.3 is 6.03 Å². The second kappa shape index (κ2) is 8.34. The van der Waals surface area contributed by atoms with Crippen molar-refractivity contribution < 1.29 is 19.8 Å². The number of imide groups is 1. The highest BCUT2D eigenvalue weighted by Crippen LogP contribution is 2.38. The molecule has 3 rings (SSSR count). The molecule has 3 amide bonds. The van der Waals surface area contributed by atoms with Crippen LogP contribution in [0.3, 0.4) is 0 Å². The van der Waals surface area contributed by atoms with Gasteiger partial charge in [0.25, 0.3) is 5.91 Å². The third kappa shape index (κ3) is 4.33. The molecule has 1 aromatic carbocycles. The standard InChI is InChI=1S/C22H26ClN3O4/c1-12-10-16(11-17(23)24-12)13(2)18-19(22(4,29)30)26(20(18)27)21(28)25-14(3)15-8-6-5-7-9-15/h5-9,11-12,14,19,29-30H,10H2,1-4H3,(H,25,28). The number of halogens is 1. The maximum absolute atomic E-state index is 12.9. The number of nitrogens with one attached hydrogen (secondary N) is 1. The summed E-state index contributed by atoms with van der Waals surface area (Å²) in [5, 5.41) is 23.7. The van der Waals surface area contributed by atoms with E-state index in [-0.39, 0.29) is 17.7 Å². The molecule has 3 atom stereocenters. The van der Waals surface area contributed by atoms with Crippen LogP contribution in [0.5, 0.6) is 0 Å². The van der Waals surface area contributed by atoms with E-state index < -0.39 is 23.8 Å². The number of rotatable bonds is 4. The first-order valence-corrected chi connectivity index (χ1v) is 10.2. The molecular weight excluding hydrogens is 406 g/mol. The van der Waals surface area contributed by atoms with Crippen molar-refractivity contribution >= 4 is 28.7 Å². The van der Waals surface area contributed by atoms with E-state index in [1.54, 1.807) is 19.9 Å². The van der Waals surface area contributed by atoms with Crippen LogP contribution < -0.4 is 5.32 Å². The third-order valence-electron chi connectivity index (χ3n) is 5.40. The van der Waals surface area contributed by atoms with Crippen LogP contribution in [0.4, 0.5) is 4.79 Å². The molecule has 1 saturated heterocycles. The van der Waals surface area contributed by atoms with Crippen LogP contribution >= 0.6 is 11.6 Å². The van der Waals surface area contributed by atoms with Crippen molar-refractivity contribution in [3.8, 4) is 0 Å². The molecule has 30 heavy (non-hydrogen) atoms. The first-order chi connectivity index (χ1) is 14.0. The predicted octanol–water partition coefficient (Wildman–Crippen LogP) is 3.04. The summed E-state index contributed by atoms with van der Waals surface area (Å²) < 4.78 is 0. The fourth-order valence-electron chi connectivity index (χ4n) is 3.85. The van der Waals surface area contributed by atoms with E-state index in [0.29, 0.717) is 17.2 Å². The van der Waals surface area contributed by atoms with Crippen LogP contribution in [-0.4, -0.2) is 50.1 Å². The van der Waals surface area contributed by atoms with Crippen molar-refractivity contribution in [2.24, 2.45) is 4.99 Å². The van der Waals surface area contributed by atoms with Crippen LogP contribution in [-0.2, 0) is 4.79 Å². The molecule has 3 N–H and O–H groups in total. The largest absolute Gasteiger partial charge is 0.364 e. The van der Waals surface area contributed by atoms with Crippen molar-refractivity contribution in [1.29, 1.82) is 0 Å². The van der Waals surface area contributed by atoms with Crippen molar-refractivity contribution in [3.63, 3.8) is 0 Å². The lowest BCUT2D eigenvalue weighted by atomic mass is 9.81. The fourth-order valence-corrected chi connectivity index (χ4v) is 4.15. The Kier molecular flexibility index (Phi) is 6.17.